The number of ketones is 1. The molecule has 0 amide bonds. The quantitative estimate of drug-likeness (QED) is 0.667. The normalized spacial score (nSPS) is 14.0. The first-order valence-electron chi connectivity index (χ1n) is 5.08. The van der Waals surface area contributed by atoms with Crippen LogP contribution in [0.25, 0.3) is 0 Å². The summed E-state index contributed by atoms with van der Waals surface area (Å²) in [7, 11) is 0. The molecule has 0 aromatic heterocycles. The first-order valence-corrected chi connectivity index (χ1v) is 5.83. The second kappa shape index (κ2) is 6.13. The third-order valence-corrected chi connectivity index (χ3v) is 3.07. The van der Waals surface area contributed by atoms with Crippen LogP contribution >= 0.6 is 23.2 Å². The number of nitrogens with zero attached hydrogens (tertiary/aromatic N) is 1. The maximum atomic E-state index is 11.2. The molecule has 0 aliphatic carbocycles. The molecular formula is C11H11Cl2NO4. The van der Waals surface area contributed by atoms with E-state index in [9.17, 15) is 20.0 Å². The Hall–Kier alpha value is -1.17. The number of hydrogen-bond donors (Lipinski definition) is 1. The molecule has 1 rings (SSSR count). The Balaban J connectivity index is 3.16. The zero-order valence-corrected chi connectivity index (χ0v) is 11.0. The van der Waals surface area contributed by atoms with Crippen molar-refractivity contribution in [3.8, 4) is 0 Å². The predicted octanol–water partition coefficient (Wildman–Crippen LogP) is 2.30. The minimum Gasteiger partial charge on any atom is -0.384 e. The molecule has 98 valence electrons. The van der Waals surface area contributed by atoms with Crippen LogP contribution in [0.4, 0.5) is 0 Å². The second-order valence-electron chi connectivity index (χ2n) is 3.84. The van der Waals surface area contributed by atoms with Crippen LogP contribution in [0.5, 0.6) is 0 Å². The fraction of sp³-hybridized carbons (Fsp3) is 0.364. The Bertz CT molecular complexity index is 478. The lowest BCUT2D eigenvalue weighted by Gasteiger charge is -2.18. The highest BCUT2D eigenvalue weighted by Gasteiger charge is 2.31. The summed E-state index contributed by atoms with van der Waals surface area (Å²) in [5.41, 5.74) is 0.334. The summed E-state index contributed by atoms with van der Waals surface area (Å²) in [4.78, 5) is 21.2. The van der Waals surface area contributed by atoms with Crippen LogP contribution in [0.15, 0.2) is 18.2 Å². The molecule has 0 saturated heterocycles. The lowest BCUT2D eigenvalue weighted by Crippen LogP contribution is -2.31. The zero-order chi connectivity index (χ0) is 13.9. The molecule has 7 heteroatoms. The smallest absolute Gasteiger partial charge is 0.213 e. The van der Waals surface area contributed by atoms with Crippen LogP contribution in [-0.4, -0.2) is 28.5 Å². The van der Waals surface area contributed by atoms with Crippen LogP contribution in [-0.2, 0) is 4.79 Å². The molecule has 0 radical (unpaired) electrons. The number of aliphatic hydroxyl groups excluding tert-OH is 1. The van der Waals surface area contributed by atoms with E-state index >= 15 is 0 Å². The van der Waals surface area contributed by atoms with Crippen molar-refractivity contribution < 1.29 is 14.8 Å². The van der Waals surface area contributed by atoms with Crippen LogP contribution in [0.2, 0.25) is 10.0 Å². The van der Waals surface area contributed by atoms with Gasteiger partial charge in [0.15, 0.2) is 5.78 Å². The van der Waals surface area contributed by atoms with Crippen LogP contribution in [0.1, 0.15) is 18.4 Å². The van der Waals surface area contributed by atoms with Crippen molar-refractivity contribution >= 4 is 29.0 Å². The average molecular weight is 292 g/mol. The van der Waals surface area contributed by atoms with Crippen molar-refractivity contribution in [2.75, 3.05) is 6.54 Å². The van der Waals surface area contributed by atoms with E-state index in [1.807, 2.05) is 0 Å². The third kappa shape index (κ3) is 3.66. The predicted molar refractivity (Wildman–Crippen MR) is 67.8 cm³/mol. The maximum Gasteiger partial charge on any atom is 0.213 e. The summed E-state index contributed by atoms with van der Waals surface area (Å²) < 4.78 is 0. The number of Topliss-reactive ketones (excluding diaryl/α,β-unsaturated/α-hetero) is 1. The van der Waals surface area contributed by atoms with E-state index in [1.165, 1.54) is 25.1 Å². The molecular weight excluding hydrogens is 281 g/mol. The Morgan fingerprint density at radius 2 is 2.11 bits per heavy atom. The molecule has 0 aliphatic heterocycles. The van der Waals surface area contributed by atoms with Gasteiger partial charge in [0.2, 0.25) is 6.54 Å². The fourth-order valence-electron chi connectivity index (χ4n) is 1.61. The molecule has 0 unspecified atom stereocenters. The van der Waals surface area contributed by atoms with E-state index in [4.69, 9.17) is 23.2 Å². The van der Waals surface area contributed by atoms with Gasteiger partial charge in [-0.3, -0.25) is 14.9 Å². The molecule has 0 fully saturated rings. The highest BCUT2D eigenvalue weighted by Crippen LogP contribution is 2.30. The molecule has 0 saturated carbocycles. The zero-order valence-electron chi connectivity index (χ0n) is 9.47. The van der Waals surface area contributed by atoms with Gasteiger partial charge in [-0.2, -0.15) is 0 Å². The minimum atomic E-state index is -1.46. The molecule has 0 spiro atoms. The van der Waals surface area contributed by atoms with Gasteiger partial charge in [0.05, 0.1) is 5.92 Å². The van der Waals surface area contributed by atoms with Gasteiger partial charge in [0, 0.05) is 15.0 Å². The lowest BCUT2D eigenvalue weighted by atomic mass is 9.91. The summed E-state index contributed by atoms with van der Waals surface area (Å²) in [5.74, 6) is -1.53. The Morgan fingerprint density at radius 3 is 2.56 bits per heavy atom. The van der Waals surface area contributed by atoms with E-state index < -0.39 is 29.3 Å². The molecule has 2 atom stereocenters. The van der Waals surface area contributed by atoms with E-state index in [-0.39, 0.29) is 5.02 Å². The summed E-state index contributed by atoms with van der Waals surface area (Å²) in [6.07, 6.45) is -1.46. The molecule has 5 nitrogen and oxygen atoms in total. The number of benzene rings is 1. The topological polar surface area (TPSA) is 80.4 Å². The summed E-state index contributed by atoms with van der Waals surface area (Å²) >= 11 is 11.6. The van der Waals surface area contributed by atoms with Crippen molar-refractivity contribution in [3.05, 3.63) is 43.9 Å². The number of carbonyl (C=O) groups excluding carboxylic acids is 1. The first kappa shape index (κ1) is 14.9. The van der Waals surface area contributed by atoms with Gasteiger partial charge in [0.25, 0.3) is 0 Å². The number of aliphatic hydroxyl groups is 1. The van der Waals surface area contributed by atoms with E-state index in [0.29, 0.717) is 10.6 Å². The van der Waals surface area contributed by atoms with Crippen molar-refractivity contribution in [1.29, 1.82) is 0 Å². The third-order valence-electron chi connectivity index (χ3n) is 2.51. The fourth-order valence-corrected chi connectivity index (χ4v) is 2.16. The lowest BCUT2D eigenvalue weighted by molar-refractivity contribution is -0.484. The number of rotatable bonds is 5. The van der Waals surface area contributed by atoms with Gasteiger partial charge in [-0.05, 0) is 24.6 Å². The average Bonchev–Trinajstić information content (AvgIpc) is 2.25. The van der Waals surface area contributed by atoms with Crippen LogP contribution in [0.3, 0.4) is 0 Å². The van der Waals surface area contributed by atoms with Crippen molar-refractivity contribution in [2.24, 2.45) is 0 Å². The number of hydrogen-bond acceptors (Lipinski definition) is 4. The molecule has 18 heavy (non-hydrogen) atoms. The number of nitro groups is 1. The van der Waals surface area contributed by atoms with E-state index in [1.54, 1.807) is 0 Å². The van der Waals surface area contributed by atoms with Crippen LogP contribution in [0, 0.1) is 10.1 Å². The Labute approximate surface area is 113 Å². The molecule has 1 N–H and O–H groups in total. The monoisotopic (exact) mass is 291 g/mol. The number of halogens is 2. The van der Waals surface area contributed by atoms with Gasteiger partial charge < -0.3 is 5.11 Å². The van der Waals surface area contributed by atoms with Crippen LogP contribution < -0.4 is 0 Å². The van der Waals surface area contributed by atoms with Gasteiger partial charge >= 0.3 is 0 Å². The standard InChI is InChI=1S/C11H11Cl2NO4/c1-6(15)11(16)9(5-14(17)18)8-3-2-7(12)4-10(8)13/h2-4,9,11,16H,5H2,1H3/t9-,11-/m0/s1. The Kier molecular flexibility index (Phi) is 5.07. The second-order valence-corrected chi connectivity index (χ2v) is 4.69. The molecule has 0 heterocycles. The van der Waals surface area contributed by atoms with E-state index in [0.717, 1.165) is 0 Å². The largest absolute Gasteiger partial charge is 0.384 e. The summed E-state index contributed by atoms with van der Waals surface area (Å²) in [6.45, 7) is 0.587. The molecule has 1 aromatic carbocycles. The van der Waals surface area contributed by atoms with Gasteiger partial charge in [-0.15, -0.1) is 0 Å². The van der Waals surface area contributed by atoms with Crippen molar-refractivity contribution in [2.45, 2.75) is 18.9 Å². The van der Waals surface area contributed by atoms with Gasteiger partial charge in [0.1, 0.15) is 6.10 Å². The number of carbonyl (C=O) groups is 1. The minimum absolute atomic E-state index is 0.189. The highest BCUT2D eigenvalue weighted by atomic mass is 35.5. The molecule has 0 aliphatic rings. The SMILES string of the molecule is CC(=O)[C@H](O)[C@@H](C[N+](=O)[O-])c1ccc(Cl)cc1Cl. The van der Waals surface area contributed by atoms with E-state index in [2.05, 4.69) is 0 Å². The molecule has 1 aromatic rings. The molecule has 0 bridgehead atoms. The van der Waals surface area contributed by atoms with Crippen molar-refractivity contribution in [3.63, 3.8) is 0 Å². The van der Waals surface area contributed by atoms with Gasteiger partial charge in [-0.25, -0.2) is 0 Å². The maximum absolute atomic E-state index is 11.2. The summed E-state index contributed by atoms with van der Waals surface area (Å²) in [6, 6.07) is 4.39. The highest BCUT2D eigenvalue weighted by molar-refractivity contribution is 6.35. The first-order chi connectivity index (χ1) is 8.32. The van der Waals surface area contributed by atoms with Gasteiger partial charge in [-0.1, -0.05) is 29.3 Å². The summed E-state index contributed by atoms with van der Waals surface area (Å²) in [5, 5.41) is 20.9. The Morgan fingerprint density at radius 1 is 1.50 bits per heavy atom. The van der Waals surface area contributed by atoms with Crippen molar-refractivity contribution in [1.82, 2.24) is 0 Å².